The zero-order chi connectivity index (χ0) is 23.9. The van der Waals surface area contributed by atoms with E-state index in [4.69, 9.17) is 0 Å². The van der Waals surface area contributed by atoms with Crippen molar-refractivity contribution >= 4 is 23.2 Å². The van der Waals surface area contributed by atoms with Crippen LogP contribution < -0.4 is 10.6 Å². The molecular formula is C25H26N4O4. The molecule has 170 valence electrons. The van der Waals surface area contributed by atoms with E-state index >= 15 is 0 Å². The Labute approximate surface area is 192 Å². The normalized spacial score (nSPS) is 19.6. The van der Waals surface area contributed by atoms with Crippen molar-refractivity contribution in [1.82, 2.24) is 10.3 Å². The molecule has 1 aromatic heterocycles. The topological polar surface area (TPSA) is 114 Å². The van der Waals surface area contributed by atoms with E-state index in [0.29, 0.717) is 41.1 Å². The van der Waals surface area contributed by atoms with Crippen molar-refractivity contribution in [3.05, 3.63) is 86.4 Å². The number of Topliss-reactive ketones (excluding diaryl/α,β-unsaturated/α-hetero) is 1. The van der Waals surface area contributed by atoms with E-state index in [1.807, 2.05) is 26.8 Å². The lowest BCUT2D eigenvalue weighted by molar-refractivity contribution is -0.384. The molecule has 8 nitrogen and oxygen atoms in total. The number of aryl methyl sites for hydroxylation is 1. The van der Waals surface area contributed by atoms with Gasteiger partial charge in [0.15, 0.2) is 5.78 Å². The van der Waals surface area contributed by atoms with E-state index in [-0.39, 0.29) is 16.9 Å². The van der Waals surface area contributed by atoms with Gasteiger partial charge in [0.2, 0.25) is 0 Å². The largest absolute Gasteiger partial charge is 0.362 e. The molecule has 2 aromatic rings. The van der Waals surface area contributed by atoms with Gasteiger partial charge in [-0.2, -0.15) is 0 Å². The standard InChI is InChI=1S/C25H26N4O4/c1-14-8-9-20(26-13-14)28-24(31)21-15(2)27-18-11-25(3,4)12-19(30)23(18)22(21)16-6-5-7-17(10-16)29(32)33/h5-10,13,22,27H,11-12H2,1-4H3,(H,26,28,31)/t22-/m1/s1. The molecule has 1 aliphatic heterocycles. The van der Waals surface area contributed by atoms with E-state index in [1.165, 1.54) is 12.1 Å². The first-order valence-corrected chi connectivity index (χ1v) is 10.8. The molecule has 0 radical (unpaired) electrons. The number of dihydropyridines is 1. The Morgan fingerprint density at radius 2 is 1.97 bits per heavy atom. The highest BCUT2D eigenvalue weighted by molar-refractivity contribution is 6.09. The number of anilines is 1. The van der Waals surface area contributed by atoms with Crippen molar-refractivity contribution in [2.24, 2.45) is 5.41 Å². The third-order valence-corrected chi connectivity index (χ3v) is 6.05. The Bertz CT molecular complexity index is 1230. The van der Waals surface area contributed by atoms with E-state index in [1.54, 1.807) is 31.3 Å². The highest BCUT2D eigenvalue weighted by atomic mass is 16.6. The first-order valence-electron chi connectivity index (χ1n) is 10.8. The van der Waals surface area contributed by atoms with Crippen LogP contribution in [0.1, 0.15) is 50.7 Å². The Balaban J connectivity index is 1.83. The lowest BCUT2D eigenvalue weighted by atomic mass is 9.68. The lowest BCUT2D eigenvalue weighted by Crippen LogP contribution is -2.39. The minimum absolute atomic E-state index is 0.0588. The molecule has 2 N–H and O–H groups in total. The van der Waals surface area contributed by atoms with Gasteiger partial charge in [0.25, 0.3) is 11.6 Å². The summed E-state index contributed by atoms with van der Waals surface area (Å²) in [5.74, 6) is -0.789. The van der Waals surface area contributed by atoms with E-state index in [0.717, 1.165) is 11.3 Å². The number of amides is 1. The number of benzene rings is 1. The van der Waals surface area contributed by atoms with E-state index in [9.17, 15) is 19.7 Å². The molecule has 0 fully saturated rings. The van der Waals surface area contributed by atoms with Gasteiger partial charge >= 0.3 is 0 Å². The van der Waals surface area contributed by atoms with E-state index < -0.39 is 16.7 Å². The number of nitrogens with one attached hydrogen (secondary N) is 2. The van der Waals surface area contributed by atoms with Gasteiger partial charge in [-0.15, -0.1) is 0 Å². The highest BCUT2D eigenvalue weighted by Crippen LogP contribution is 2.47. The van der Waals surface area contributed by atoms with Gasteiger partial charge in [-0.25, -0.2) is 4.98 Å². The second-order valence-electron chi connectivity index (χ2n) is 9.46. The second kappa shape index (κ2) is 8.27. The summed E-state index contributed by atoms with van der Waals surface area (Å²) < 4.78 is 0. The SMILES string of the molecule is CC1=C(C(=O)Nc2ccc(C)cn2)[C@@H](c2cccc([N+](=O)[O-])c2)C2=C(CC(C)(C)CC2=O)N1. The number of nitro groups is 1. The average Bonchev–Trinajstić information content (AvgIpc) is 2.73. The number of ketones is 1. The number of carbonyl (C=O) groups excluding carboxylic acids is 2. The number of rotatable bonds is 4. The van der Waals surface area contributed by atoms with Crippen molar-refractivity contribution in [1.29, 1.82) is 0 Å². The van der Waals surface area contributed by atoms with Gasteiger partial charge in [0.05, 0.1) is 4.92 Å². The van der Waals surface area contributed by atoms with Gasteiger partial charge in [-0.3, -0.25) is 19.7 Å². The zero-order valence-corrected chi connectivity index (χ0v) is 19.1. The first kappa shape index (κ1) is 22.4. The van der Waals surface area contributed by atoms with E-state index in [2.05, 4.69) is 15.6 Å². The Hall–Kier alpha value is -3.81. The van der Waals surface area contributed by atoms with Crippen molar-refractivity contribution in [3.8, 4) is 0 Å². The van der Waals surface area contributed by atoms with Crippen LogP contribution in [0.25, 0.3) is 0 Å². The molecule has 1 atom stereocenters. The summed E-state index contributed by atoms with van der Waals surface area (Å²) in [5, 5.41) is 17.5. The number of hydrogen-bond donors (Lipinski definition) is 2. The molecule has 0 spiro atoms. The molecule has 2 heterocycles. The molecule has 0 unspecified atom stereocenters. The zero-order valence-electron chi connectivity index (χ0n) is 19.1. The third kappa shape index (κ3) is 4.41. The number of pyridine rings is 1. The van der Waals surface area contributed by atoms with Crippen molar-refractivity contribution in [2.75, 3.05) is 5.32 Å². The molecule has 0 bridgehead atoms. The van der Waals surface area contributed by atoms with Crippen LogP contribution in [0.4, 0.5) is 11.5 Å². The minimum atomic E-state index is -0.713. The van der Waals surface area contributed by atoms with Crippen LogP contribution in [0.5, 0.6) is 0 Å². The summed E-state index contributed by atoms with van der Waals surface area (Å²) in [5.41, 5.74) is 3.43. The number of nitro benzene ring substituents is 1. The fraction of sp³-hybridized carbons (Fsp3) is 0.320. The second-order valence-corrected chi connectivity index (χ2v) is 9.46. The molecule has 4 rings (SSSR count). The predicted molar refractivity (Wildman–Crippen MR) is 124 cm³/mol. The number of hydrogen-bond acceptors (Lipinski definition) is 6. The van der Waals surface area contributed by atoms with Crippen molar-refractivity contribution in [3.63, 3.8) is 0 Å². The van der Waals surface area contributed by atoms with Gasteiger partial charge in [0, 0.05) is 53.2 Å². The number of allylic oxidation sites excluding steroid dienone is 3. The average molecular weight is 447 g/mol. The lowest BCUT2D eigenvalue weighted by Gasteiger charge is -2.39. The Morgan fingerprint density at radius 3 is 2.64 bits per heavy atom. The quantitative estimate of drug-likeness (QED) is 0.526. The third-order valence-electron chi connectivity index (χ3n) is 6.05. The first-order chi connectivity index (χ1) is 15.6. The molecule has 1 amide bonds. The van der Waals surface area contributed by atoms with Crippen LogP contribution in [0, 0.1) is 22.5 Å². The summed E-state index contributed by atoms with van der Waals surface area (Å²) in [7, 11) is 0. The molecule has 0 saturated heterocycles. The van der Waals surface area contributed by atoms with Crippen LogP contribution in [-0.4, -0.2) is 21.6 Å². The van der Waals surface area contributed by atoms with Crippen LogP contribution in [0.3, 0.4) is 0 Å². The Kier molecular flexibility index (Phi) is 5.61. The predicted octanol–water partition coefficient (Wildman–Crippen LogP) is 4.54. The van der Waals surface area contributed by atoms with Gasteiger partial charge in [-0.05, 0) is 42.9 Å². The van der Waals surface area contributed by atoms with Crippen LogP contribution in [0.2, 0.25) is 0 Å². The Morgan fingerprint density at radius 1 is 1.21 bits per heavy atom. The molecule has 1 aromatic carbocycles. The maximum absolute atomic E-state index is 13.5. The van der Waals surface area contributed by atoms with Crippen LogP contribution in [0.15, 0.2) is 65.1 Å². The maximum atomic E-state index is 13.5. The minimum Gasteiger partial charge on any atom is -0.362 e. The maximum Gasteiger partial charge on any atom is 0.269 e. The molecule has 2 aliphatic rings. The monoisotopic (exact) mass is 446 g/mol. The number of non-ortho nitro benzene ring substituents is 1. The molecular weight excluding hydrogens is 420 g/mol. The molecule has 1 aliphatic carbocycles. The van der Waals surface area contributed by atoms with Crippen LogP contribution >= 0.6 is 0 Å². The van der Waals surface area contributed by atoms with Crippen molar-refractivity contribution < 1.29 is 14.5 Å². The summed E-state index contributed by atoms with van der Waals surface area (Å²) in [4.78, 5) is 42.0. The van der Waals surface area contributed by atoms with Gasteiger partial charge in [-0.1, -0.05) is 32.0 Å². The smallest absolute Gasteiger partial charge is 0.269 e. The number of carbonyl (C=O) groups is 2. The summed E-state index contributed by atoms with van der Waals surface area (Å²) in [6.45, 7) is 7.75. The number of aromatic nitrogens is 1. The summed E-state index contributed by atoms with van der Waals surface area (Å²) in [6.07, 6.45) is 2.64. The molecule has 0 saturated carbocycles. The van der Waals surface area contributed by atoms with Gasteiger partial charge in [0.1, 0.15) is 5.82 Å². The fourth-order valence-corrected chi connectivity index (χ4v) is 4.61. The van der Waals surface area contributed by atoms with Gasteiger partial charge < -0.3 is 10.6 Å². The summed E-state index contributed by atoms with van der Waals surface area (Å²) >= 11 is 0. The van der Waals surface area contributed by atoms with Crippen LogP contribution in [-0.2, 0) is 9.59 Å². The molecule has 33 heavy (non-hydrogen) atoms. The number of nitrogens with zero attached hydrogens (tertiary/aromatic N) is 2. The fourth-order valence-electron chi connectivity index (χ4n) is 4.61. The van der Waals surface area contributed by atoms with Crippen molar-refractivity contribution in [2.45, 2.75) is 46.5 Å². The highest BCUT2D eigenvalue weighted by Gasteiger charge is 2.43. The summed E-state index contributed by atoms with van der Waals surface area (Å²) in [6, 6.07) is 9.70. The molecule has 8 heteroatoms.